The molecule has 6 nitrogen and oxygen atoms in total. The molecular weight excluding hydrogens is 292 g/mol. The molecule has 1 rings (SSSR count). The van der Waals surface area contributed by atoms with Crippen LogP contribution in [-0.4, -0.2) is 46.0 Å². The molecule has 7 heteroatoms. The number of carbonyl (C=O) groups is 2. The van der Waals surface area contributed by atoms with Crippen molar-refractivity contribution >= 4 is 36.1 Å². The van der Waals surface area contributed by atoms with E-state index in [0.29, 0.717) is 19.5 Å². The molecular formula is C14H23ClN4O2. The number of amides is 2. The molecule has 0 saturated carbocycles. The fourth-order valence-corrected chi connectivity index (χ4v) is 1.68. The summed E-state index contributed by atoms with van der Waals surface area (Å²) in [5, 5.41) is 8.67. The van der Waals surface area contributed by atoms with Crippen molar-refractivity contribution in [1.82, 2.24) is 10.6 Å². The van der Waals surface area contributed by atoms with Gasteiger partial charge in [-0.2, -0.15) is 0 Å². The Balaban J connectivity index is 0.00000400. The van der Waals surface area contributed by atoms with Gasteiger partial charge in [0.15, 0.2) is 0 Å². The molecule has 0 aliphatic carbocycles. The summed E-state index contributed by atoms with van der Waals surface area (Å²) in [5.41, 5.74) is 1.87. The summed E-state index contributed by atoms with van der Waals surface area (Å²) in [6, 6.07) is 7.66. The van der Waals surface area contributed by atoms with Crippen LogP contribution in [0.4, 0.5) is 11.4 Å². The van der Waals surface area contributed by atoms with Crippen molar-refractivity contribution in [2.45, 2.75) is 6.42 Å². The first kappa shape index (κ1) is 19.2. The summed E-state index contributed by atoms with van der Waals surface area (Å²) in [6.45, 7) is 1.59. The van der Waals surface area contributed by atoms with Crippen molar-refractivity contribution in [3.63, 3.8) is 0 Å². The summed E-state index contributed by atoms with van der Waals surface area (Å²) < 4.78 is 0. The highest BCUT2D eigenvalue weighted by Crippen LogP contribution is 2.16. The van der Waals surface area contributed by atoms with Crippen LogP contribution >= 0.6 is 12.4 Å². The van der Waals surface area contributed by atoms with Gasteiger partial charge in [-0.3, -0.25) is 9.59 Å². The quantitative estimate of drug-likeness (QED) is 0.466. The second-order valence-corrected chi connectivity index (χ2v) is 4.35. The standard InChI is InChI=1S/C14H22N4O2.ClH/c1-15-12-4-6-13(7-5-12)18(2)14(20)10-16-8-3-9-17-11-19;/h4-7,11,15-16H,3,8-10H2,1-2H3,(H,17,19);1H. The van der Waals surface area contributed by atoms with Crippen LogP contribution in [-0.2, 0) is 9.59 Å². The van der Waals surface area contributed by atoms with Gasteiger partial charge in [-0.1, -0.05) is 0 Å². The molecule has 2 amide bonds. The van der Waals surface area contributed by atoms with Gasteiger partial charge in [-0.25, -0.2) is 0 Å². The van der Waals surface area contributed by atoms with Crippen LogP contribution in [0, 0.1) is 0 Å². The summed E-state index contributed by atoms with van der Waals surface area (Å²) in [6.07, 6.45) is 1.47. The lowest BCUT2D eigenvalue weighted by Crippen LogP contribution is -2.36. The maximum atomic E-state index is 12.0. The zero-order valence-electron chi connectivity index (χ0n) is 12.4. The van der Waals surface area contributed by atoms with Gasteiger partial charge in [0.2, 0.25) is 12.3 Å². The summed E-state index contributed by atoms with van der Waals surface area (Å²) >= 11 is 0. The number of nitrogens with one attached hydrogen (secondary N) is 3. The van der Waals surface area contributed by atoms with E-state index in [9.17, 15) is 9.59 Å². The van der Waals surface area contributed by atoms with Gasteiger partial charge in [-0.15, -0.1) is 12.4 Å². The molecule has 0 heterocycles. The molecule has 1 aromatic carbocycles. The van der Waals surface area contributed by atoms with Crippen LogP contribution < -0.4 is 20.9 Å². The normalized spacial score (nSPS) is 9.43. The van der Waals surface area contributed by atoms with Crippen molar-refractivity contribution < 1.29 is 9.59 Å². The lowest BCUT2D eigenvalue weighted by atomic mass is 10.2. The Morgan fingerprint density at radius 2 is 1.90 bits per heavy atom. The average molecular weight is 315 g/mol. The first-order valence-electron chi connectivity index (χ1n) is 6.61. The van der Waals surface area contributed by atoms with Gasteiger partial charge in [-0.05, 0) is 37.2 Å². The van der Waals surface area contributed by atoms with Gasteiger partial charge in [0, 0.05) is 32.0 Å². The van der Waals surface area contributed by atoms with E-state index in [4.69, 9.17) is 0 Å². The van der Waals surface area contributed by atoms with Gasteiger partial charge < -0.3 is 20.9 Å². The minimum absolute atomic E-state index is 0. The van der Waals surface area contributed by atoms with Crippen LogP contribution in [0.1, 0.15) is 6.42 Å². The Kier molecular flexibility index (Phi) is 10.0. The molecule has 0 aliphatic rings. The van der Waals surface area contributed by atoms with Crippen molar-refractivity contribution in [2.24, 2.45) is 0 Å². The molecule has 0 unspecified atom stereocenters. The number of anilines is 2. The monoisotopic (exact) mass is 314 g/mol. The van der Waals surface area contributed by atoms with Crippen molar-refractivity contribution in [1.29, 1.82) is 0 Å². The second-order valence-electron chi connectivity index (χ2n) is 4.35. The number of hydrogen-bond donors (Lipinski definition) is 3. The minimum Gasteiger partial charge on any atom is -0.388 e. The molecule has 0 spiro atoms. The van der Waals surface area contributed by atoms with Crippen molar-refractivity contribution in [3.05, 3.63) is 24.3 Å². The van der Waals surface area contributed by atoms with E-state index in [1.165, 1.54) is 0 Å². The zero-order chi connectivity index (χ0) is 14.8. The average Bonchev–Trinajstić information content (AvgIpc) is 2.50. The maximum absolute atomic E-state index is 12.0. The van der Waals surface area contributed by atoms with Gasteiger partial charge >= 0.3 is 0 Å². The van der Waals surface area contributed by atoms with E-state index in [2.05, 4.69) is 16.0 Å². The van der Waals surface area contributed by atoms with Crippen LogP contribution in [0.5, 0.6) is 0 Å². The van der Waals surface area contributed by atoms with E-state index >= 15 is 0 Å². The Morgan fingerprint density at radius 3 is 2.48 bits per heavy atom. The molecule has 3 N–H and O–H groups in total. The lowest BCUT2D eigenvalue weighted by Gasteiger charge is -2.18. The third-order valence-electron chi connectivity index (χ3n) is 2.95. The molecule has 118 valence electrons. The second kappa shape index (κ2) is 10.9. The summed E-state index contributed by atoms with van der Waals surface area (Å²) in [5.74, 6) is 0.00514. The summed E-state index contributed by atoms with van der Waals surface area (Å²) in [4.78, 5) is 23.6. The Bertz CT molecular complexity index is 425. The highest BCUT2D eigenvalue weighted by atomic mass is 35.5. The molecule has 0 aromatic heterocycles. The molecule has 0 aliphatic heterocycles. The van der Waals surface area contributed by atoms with Crippen molar-refractivity contribution in [3.8, 4) is 0 Å². The lowest BCUT2D eigenvalue weighted by molar-refractivity contribution is -0.117. The minimum atomic E-state index is 0. The molecule has 0 fully saturated rings. The first-order chi connectivity index (χ1) is 9.69. The van der Waals surface area contributed by atoms with Crippen LogP contribution in [0.3, 0.4) is 0 Å². The van der Waals surface area contributed by atoms with Gasteiger partial charge in [0.1, 0.15) is 0 Å². The van der Waals surface area contributed by atoms with Gasteiger partial charge in [0.05, 0.1) is 6.54 Å². The fourth-order valence-electron chi connectivity index (χ4n) is 1.68. The third kappa shape index (κ3) is 6.97. The number of likely N-dealkylation sites (N-methyl/N-ethyl adjacent to an activating group) is 1. The number of nitrogens with zero attached hydrogens (tertiary/aromatic N) is 1. The van der Waals surface area contributed by atoms with Crippen LogP contribution in [0.15, 0.2) is 24.3 Å². The molecule has 0 bridgehead atoms. The van der Waals surface area contributed by atoms with E-state index in [1.807, 2.05) is 31.3 Å². The van der Waals surface area contributed by atoms with Crippen LogP contribution in [0.25, 0.3) is 0 Å². The Labute approximate surface area is 131 Å². The number of benzene rings is 1. The first-order valence-corrected chi connectivity index (χ1v) is 6.61. The Hall–Kier alpha value is -1.79. The highest BCUT2D eigenvalue weighted by molar-refractivity contribution is 5.94. The number of halogens is 1. The van der Waals surface area contributed by atoms with Crippen LogP contribution in [0.2, 0.25) is 0 Å². The zero-order valence-corrected chi connectivity index (χ0v) is 13.2. The topological polar surface area (TPSA) is 73.5 Å². The fraction of sp³-hybridized carbons (Fsp3) is 0.429. The maximum Gasteiger partial charge on any atom is 0.240 e. The van der Waals surface area contributed by atoms with E-state index < -0.39 is 0 Å². The SMILES string of the molecule is CNc1ccc(N(C)C(=O)CNCCCNC=O)cc1.Cl. The largest absolute Gasteiger partial charge is 0.388 e. The van der Waals surface area contributed by atoms with E-state index in [0.717, 1.165) is 17.8 Å². The predicted octanol–water partition coefficient (Wildman–Crippen LogP) is 0.839. The third-order valence-corrected chi connectivity index (χ3v) is 2.95. The number of hydrogen-bond acceptors (Lipinski definition) is 4. The molecule has 21 heavy (non-hydrogen) atoms. The predicted molar refractivity (Wildman–Crippen MR) is 88.2 cm³/mol. The Morgan fingerprint density at radius 1 is 1.24 bits per heavy atom. The smallest absolute Gasteiger partial charge is 0.240 e. The highest BCUT2D eigenvalue weighted by Gasteiger charge is 2.09. The van der Waals surface area contributed by atoms with E-state index in [1.54, 1.807) is 11.9 Å². The number of rotatable bonds is 9. The van der Waals surface area contributed by atoms with E-state index in [-0.39, 0.29) is 24.9 Å². The molecule has 0 saturated heterocycles. The van der Waals surface area contributed by atoms with Gasteiger partial charge in [0.25, 0.3) is 0 Å². The summed E-state index contributed by atoms with van der Waals surface area (Å²) in [7, 11) is 3.61. The molecule has 1 aromatic rings. The molecule has 0 radical (unpaired) electrons. The van der Waals surface area contributed by atoms with Crippen molar-refractivity contribution in [2.75, 3.05) is 43.9 Å². The number of carbonyl (C=O) groups excluding carboxylic acids is 2. The molecule has 0 atom stereocenters.